The quantitative estimate of drug-likeness (QED) is 0.438. The number of nitrogens with one attached hydrogen (secondary N) is 2. The molecule has 0 aliphatic carbocycles. The van der Waals surface area contributed by atoms with Crippen molar-refractivity contribution < 1.29 is 19.9 Å². The number of hydrogen-bond donors (Lipinski definition) is 4. The lowest BCUT2D eigenvalue weighted by molar-refractivity contribution is -0.384. The van der Waals surface area contributed by atoms with E-state index >= 15 is 0 Å². The van der Waals surface area contributed by atoms with Gasteiger partial charge in [-0.1, -0.05) is 23.2 Å². The van der Waals surface area contributed by atoms with Crippen molar-refractivity contribution in [3.05, 3.63) is 68.2 Å². The minimum absolute atomic E-state index is 0.133. The predicted octanol–water partition coefficient (Wildman–Crippen LogP) is 3.12. The first-order valence-corrected chi connectivity index (χ1v) is 8.13. The van der Waals surface area contributed by atoms with Gasteiger partial charge in [0.05, 0.1) is 27.6 Å². The van der Waals surface area contributed by atoms with Crippen molar-refractivity contribution in [1.82, 2.24) is 5.32 Å². The topological polar surface area (TPSA) is 125 Å². The summed E-state index contributed by atoms with van der Waals surface area (Å²) in [5.74, 6) is 0. The highest BCUT2D eigenvalue weighted by molar-refractivity contribution is 6.42. The maximum absolute atomic E-state index is 12.0. The molecule has 0 spiro atoms. The lowest BCUT2D eigenvalue weighted by atomic mass is 10.0. The molecule has 0 aromatic heterocycles. The van der Waals surface area contributed by atoms with Crippen LogP contribution in [0.15, 0.2) is 42.5 Å². The highest BCUT2D eigenvalue weighted by Gasteiger charge is 2.23. The van der Waals surface area contributed by atoms with Gasteiger partial charge in [0.25, 0.3) is 5.69 Å². The minimum atomic E-state index is -1.26. The molecule has 0 aliphatic rings. The first kappa shape index (κ1) is 19.9. The molecule has 10 heteroatoms. The Bertz CT molecular complexity index is 801. The Morgan fingerprint density at radius 2 is 1.81 bits per heavy atom. The summed E-state index contributed by atoms with van der Waals surface area (Å²) in [5, 5.41) is 35.9. The normalized spacial score (nSPS) is 12.9. The molecule has 2 amide bonds. The highest BCUT2D eigenvalue weighted by Crippen LogP contribution is 2.25. The largest absolute Gasteiger partial charge is 0.394 e. The van der Waals surface area contributed by atoms with Gasteiger partial charge in [-0.2, -0.15) is 0 Å². The van der Waals surface area contributed by atoms with Crippen LogP contribution in [0.5, 0.6) is 0 Å². The van der Waals surface area contributed by atoms with E-state index in [-0.39, 0.29) is 10.7 Å². The number of hydrogen-bond acceptors (Lipinski definition) is 5. The van der Waals surface area contributed by atoms with E-state index in [4.69, 9.17) is 23.2 Å². The molecule has 138 valence electrons. The number of urea groups is 1. The fraction of sp³-hybridized carbons (Fsp3) is 0.188. The number of carbonyl (C=O) groups is 1. The number of benzene rings is 2. The number of carbonyl (C=O) groups excluding carboxylic acids is 1. The van der Waals surface area contributed by atoms with E-state index in [0.29, 0.717) is 16.3 Å². The van der Waals surface area contributed by atoms with Gasteiger partial charge in [0.1, 0.15) is 6.10 Å². The third-order valence-corrected chi connectivity index (χ3v) is 4.26. The average molecular weight is 400 g/mol. The number of rotatable bonds is 6. The second kappa shape index (κ2) is 8.81. The number of aliphatic hydroxyl groups is 2. The molecule has 0 saturated carbocycles. The van der Waals surface area contributed by atoms with Gasteiger partial charge >= 0.3 is 6.03 Å². The number of anilines is 1. The fourth-order valence-electron chi connectivity index (χ4n) is 2.16. The van der Waals surface area contributed by atoms with Gasteiger partial charge in [0, 0.05) is 17.8 Å². The molecule has 0 radical (unpaired) electrons. The van der Waals surface area contributed by atoms with Crippen molar-refractivity contribution in [3.63, 3.8) is 0 Å². The van der Waals surface area contributed by atoms with Gasteiger partial charge in [-0.3, -0.25) is 10.1 Å². The summed E-state index contributed by atoms with van der Waals surface area (Å²) in [6, 6.07) is 7.94. The van der Waals surface area contributed by atoms with Gasteiger partial charge in [-0.05, 0) is 35.9 Å². The summed E-state index contributed by atoms with van der Waals surface area (Å²) in [7, 11) is 0. The van der Waals surface area contributed by atoms with Crippen molar-refractivity contribution in [2.24, 2.45) is 0 Å². The maximum Gasteiger partial charge on any atom is 0.319 e. The molecule has 0 saturated heterocycles. The lowest BCUT2D eigenvalue weighted by Crippen LogP contribution is -2.44. The monoisotopic (exact) mass is 399 g/mol. The van der Waals surface area contributed by atoms with Crippen LogP contribution < -0.4 is 10.6 Å². The second-order valence-electron chi connectivity index (χ2n) is 5.31. The SMILES string of the molecule is O=C(Nc1ccc(Cl)c(Cl)c1)NC(CO)C(O)c1ccc([N+](=O)[O-])cc1. The molecule has 2 rings (SSSR count). The lowest BCUT2D eigenvalue weighted by Gasteiger charge is -2.22. The molecule has 26 heavy (non-hydrogen) atoms. The molecular weight excluding hydrogens is 385 g/mol. The van der Waals surface area contributed by atoms with Crippen LogP contribution in [-0.4, -0.2) is 33.8 Å². The summed E-state index contributed by atoms with van der Waals surface area (Å²) < 4.78 is 0. The molecule has 2 aromatic rings. The molecule has 4 N–H and O–H groups in total. The van der Waals surface area contributed by atoms with Crippen LogP contribution in [0.25, 0.3) is 0 Å². The van der Waals surface area contributed by atoms with E-state index in [1.165, 1.54) is 42.5 Å². The van der Waals surface area contributed by atoms with Crippen LogP contribution in [0.4, 0.5) is 16.2 Å². The summed E-state index contributed by atoms with van der Waals surface area (Å²) >= 11 is 11.7. The van der Waals surface area contributed by atoms with Crippen molar-refractivity contribution in [1.29, 1.82) is 0 Å². The van der Waals surface area contributed by atoms with Crippen LogP contribution in [0.2, 0.25) is 10.0 Å². The van der Waals surface area contributed by atoms with Crippen LogP contribution >= 0.6 is 23.2 Å². The summed E-state index contributed by atoms with van der Waals surface area (Å²) in [4.78, 5) is 22.1. The first-order valence-electron chi connectivity index (χ1n) is 7.37. The number of non-ortho nitro benzene ring substituents is 1. The van der Waals surface area contributed by atoms with Gasteiger partial charge in [-0.25, -0.2) is 4.79 Å². The number of nitro groups is 1. The van der Waals surface area contributed by atoms with Gasteiger partial charge in [0.2, 0.25) is 0 Å². The van der Waals surface area contributed by atoms with Crippen molar-refractivity contribution in [2.45, 2.75) is 12.1 Å². The Morgan fingerprint density at radius 1 is 1.15 bits per heavy atom. The van der Waals surface area contributed by atoms with Gasteiger partial charge < -0.3 is 20.8 Å². The third kappa shape index (κ3) is 5.06. The number of nitrogens with zero attached hydrogens (tertiary/aromatic N) is 1. The van der Waals surface area contributed by atoms with E-state index in [2.05, 4.69) is 10.6 Å². The van der Waals surface area contributed by atoms with E-state index < -0.39 is 29.7 Å². The van der Waals surface area contributed by atoms with E-state index in [1.54, 1.807) is 0 Å². The molecule has 0 aliphatic heterocycles. The van der Waals surface area contributed by atoms with E-state index in [1.807, 2.05) is 0 Å². The summed E-state index contributed by atoms with van der Waals surface area (Å²) in [6.07, 6.45) is -1.26. The summed E-state index contributed by atoms with van der Waals surface area (Å²) in [5.41, 5.74) is 0.551. The molecule has 0 fully saturated rings. The zero-order valence-corrected chi connectivity index (χ0v) is 14.7. The molecule has 0 bridgehead atoms. The second-order valence-corrected chi connectivity index (χ2v) is 6.12. The standard InChI is InChI=1S/C16H15Cl2N3O5/c17-12-6-3-10(7-13(12)18)19-16(24)20-14(8-22)15(23)9-1-4-11(5-2-9)21(25)26/h1-7,14-15,22-23H,8H2,(H2,19,20,24). The number of nitro benzene ring substituents is 1. The molecule has 0 heterocycles. The van der Waals surface area contributed by atoms with Gasteiger partial charge in [0.15, 0.2) is 0 Å². The van der Waals surface area contributed by atoms with Crippen LogP contribution in [-0.2, 0) is 0 Å². The molecular formula is C16H15Cl2N3O5. The first-order chi connectivity index (χ1) is 12.3. The number of amides is 2. The molecule has 2 atom stereocenters. The van der Waals surface area contributed by atoms with Crippen LogP contribution in [0, 0.1) is 10.1 Å². The zero-order chi connectivity index (χ0) is 19.3. The van der Waals surface area contributed by atoms with E-state index in [9.17, 15) is 25.1 Å². The average Bonchev–Trinajstić information content (AvgIpc) is 2.62. The van der Waals surface area contributed by atoms with E-state index in [0.717, 1.165) is 0 Å². The van der Waals surface area contributed by atoms with Crippen molar-refractivity contribution in [3.8, 4) is 0 Å². The highest BCUT2D eigenvalue weighted by atomic mass is 35.5. The van der Waals surface area contributed by atoms with Crippen molar-refractivity contribution in [2.75, 3.05) is 11.9 Å². The Balaban J connectivity index is 2.03. The predicted molar refractivity (Wildman–Crippen MR) is 97.5 cm³/mol. The Morgan fingerprint density at radius 3 is 2.35 bits per heavy atom. The van der Waals surface area contributed by atoms with Crippen molar-refractivity contribution >= 4 is 40.6 Å². The Kier molecular flexibility index (Phi) is 6.76. The molecule has 2 aromatic carbocycles. The summed E-state index contributed by atoms with van der Waals surface area (Å²) in [6.45, 7) is -0.549. The number of aliphatic hydroxyl groups excluding tert-OH is 2. The van der Waals surface area contributed by atoms with Gasteiger partial charge in [-0.15, -0.1) is 0 Å². The Labute approximate surface area is 158 Å². The Hall–Kier alpha value is -2.39. The number of halogens is 2. The minimum Gasteiger partial charge on any atom is -0.394 e. The molecule has 8 nitrogen and oxygen atoms in total. The van der Waals surface area contributed by atoms with Crippen LogP contribution in [0.3, 0.4) is 0 Å². The zero-order valence-electron chi connectivity index (χ0n) is 13.2. The molecule has 2 unspecified atom stereocenters. The fourth-order valence-corrected chi connectivity index (χ4v) is 2.46. The third-order valence-electron chi connectivity index (χ3n) is 3.52. The maximum atomic E-state index is 12.0. The smallest absolute Gasteiger partial charge is 0.319 e. The van der Waals surface area contributed by atoms with Crippen LogP contribution in [0.1, 0.15) is 11.7 Å².